The molecule has 2 saturated carbocycles. The Morgan fingerprint density at radius 3 is 2.71 bits per heavy atom. The number of carbonyl (C=O) groups excluding carboxylic acids is 1. The first-order chi connectivity index (χ1) is 11.1. The number of benzene rings is 1. The van der Waals surface area contributed by atoms with E-state index >= 15 is 0 Å². The maximum absolute atomic E-state index is 12.5. The zero-order valence-electron chi connectivity index (χ0n) is 13.7. The molecule has 5 nitrogen and oxygen atoms in total. The van der Waals surface area contributed by atoms with Gasteiger partial charge in [0.1, 0.15) is 12.4 Å². The van der Waals surface area contributed by atoms with E-state index in [0.717, 1.165) is 19.3 Å². The van der Waals surface area contributed by atoms with Gasteiger partial charge in [0.2, 0.25) is 5.91 Å². The van der Waals surface area contributed by atoms with E-state index < -0.39 is 0 Å². The molecule has 2 aliphatic rings. The fourth-order valence-corrected chi connectivity index (χ4v) is 4.12. The van der Waals surface area contributed by atoms with Crippen molar-refractivity contribution in [2.45, 2.75) is 25.3 Å². The Labute approximate surface area is 153 Å². The van der Waals surface area contributed by atoms with Crippen LogP contribution in [-0.2, 0) is 9.53 Å². The quantitative estimate of drug-likeness (QED) is 0.750. The number of halogens is 2. The maximum Gasteiger partial charge on any atom is 0.229 e. The number of rotatable bonds is 6. The van der Waals surface area contributed by atoms with Crippen LogP contribution in [0.4, 0.5) is 5.69 Å². The summed E-state index contributed by atoms with van der Waals surface area (Å²) >= 11 is 6.20. The number of methoxy groups -OCH3 is 1. The van der Waals surface area contributed by atoms with Crippen LogP contribution >= 0.6 is 24.0 Å². The molecule has 0 spiro atoms. The lowest BCUT2D eigenvalue weighted by atomic mass is 9.84. The number of fused-ring (bicyclic) bond motifs is 2. The first-order valence-electron chi connectivity index (χ1n) is 8.08. The molecule has 0 saturated heterocycles. The topological polar surface area (TPSA) is 73.6 Å². The minimum absolute atomic E-state index is 0. The van der Waals surface area contributed by atoms with E-state index in [2.05, 4.69) is 5.32 Å². The van der Waals surface area contributed by atoms with Gasteiger partial charge in [-0.2, -0.15) is 0 Å². The molecule has 0 heterocycles. The van der Waals surface area contributed by atoms with Gasteiger partial charge >= 0.3 is 0 Å². The Hall–Kier alpha value is -1.01. The van der Waals surface area contributed by atoms with Crippen LogP contribution < -0.4 is 15.8 Å². The smallest absolute Gasteiger partial charge is 0.229 e. The van der Waals surface area contributed by atoms with Gasteiger partial charge in [-0.1, -0.05) is 11.6 Å². The lowest BCUT2D eigenvalue weighted by Gasteiger charge is -2.27. The van der Waals surface area contributed by atoms with Crippen molar-refractivity contribution < 1.29 is 14.3 Å². The summed E-state index contributed by atoms with van der Waals surface area (Å²) in [5, 5.41) is 3.42. The zero-order chi connectivity index (χ0) is 16.4. The Balaban J connectivity index is 0.00000208. The van der Waals surface area contributed by atoms with E-state index in [4.69, 9.17) is 26.8 Å². The van der Waals surface area contributed by atoms with Crippen molar-refractivity contribution in [3.63, 3.8) is 0 Å². The standard InChI is InChI=1S/C17H23ClN2O3.ClH/c1-22-6-7-23-14-5-4-12(9-13(14)18)20-17(21)15-10-2-3-11(8-10)16(15)19;/h4-5,9-11,15-16H,2-3,6-8,19H2,1H3,(H,20,21);1H. The monoisotopic (exact) mass is 374 g/mol. The van der Waals surface area contributed by atoms with E-state index in [0.29, 0.717) is 41.5 Å². The van der Waals surface area contributed by atoms with Crippen LogP contribution in [0.3, 0.4) is 0 Å². The highest BCUT2D eigenvalue weighted by Crippen LogP contribution is 2.48. The number of nitrogens with one attached hydrogen (secondary N) is 1. The van der Waals surface area contributed by atoms with Gasteiger partial charge < -0.3 is 20.5 Å². The molecule has 24 heavy (non-hydrogen) atoms. The fourth-order valence-electron chi connectivity index (χ4n) is 3.88. The Bertz CT molecular complexity index is 583. The molecule has 134 valence electrons. The van der Waals surface area contributed by atoms with Gasteiger partial charge in [-0.3, -0.25) is 4.79 Å². The second-order valence-electron chi connectivity index (χ2n) is 6.41. The summed E-state index contributed by atoms with van der Waals surface area (Å²) in [6.45, 7) is 0.929. The summed E-state index contributed by atoms with van der Waals surface area (Å²) in [6.07, 6.45) is 3.37. The molecule has 1 aromatic rings. The van der Waals surface area contributed by atoms with Gasteiger partial charge in [0, 0.05) is 18.8 Å². The van der Waals surface area contributed by atoms with Crippen LogP contribution in [0.5, 0.6) is 5.75 Å². The minimum Gasteiger partial charge on any atom is -0.490 e. The number of hydrogen-bond donors (Lipinski definition) is 2. The summed E-state index contributed by atoms with van der Waals surface area (Å²) < 4.78 is 10.4. The molecule has 1 aromatic carbocycles. The number of amides is 1. The van der Waals surface area contributed by atoms with E-state index in [1.165, 1.54) is 0 Å². The van der Waals surface area contributed by atoms with Crippen molar-refractivity contribution in [1.29, 1.82) is 0 Å². The normalized spacial score (nSPS) is 27.6. The van der Waals surface area contributed by atoms with Crippen molar-refractivity contribution in [1.82, 2.24) is 0 Å². The van der Waals surface area contributed by atoms with Gasteiger partial charge in [-0.15, -0.1) is 12.4 Å². The van der Waals surface area contributed by atoms with Crippen LogP contribution in [0.2, 0.25) is 5.02 Å². The van der Waals surface area contributed by atoms with Gasteiger partial charge in [-0.05, 0) is 49.3 Å². The van der Waals surface area contributed by atoms with Gasteiger partial charge in [-0.25, -0.2) is 0 Å². The lowest BCUT2D eigenvalue weighted by molar-refractivity contribution is -0.121. The molecule has 0 aromatic heterocycles. The summed E-state index contributed by atoms with van der Waals surface area (Å²) in [7, 11) is 1.62. The number of nitrogens with two attached hydrogens (primary N) is 1. The molecule has 2 aliphatic carbocycles. The molecule has 2 bridgehead atoms. The molecule has 7 heteroatoms. The van der Waals surface area contributed by atoms with Crippen LogP contribution in [0.1, 0.15) is 19.3 Å². The third kappa shape index (κ3) is 3.97. The minimum atomic E-state index is -0.0786. The van der Waals surface area contributed by atoms with Crippen LogP contribution in [-0.4, -0.2) is 32.3 Å². The average Bonchev–Trinajstić information content (AvgIpc) is 3.10. The van der Waals surface area contributed by atoms with Crippen molar-refractivity contribution in [2.75, 3.05) is 25.6 Å². The first kappa shape index (κ1) is 19.3. The lowest BCUT2D eigenvalue weighted by Crippen LogP contribution is -2.42. The van der Waals surface area contributed by atoms with Gasteiger partial charge in [0.15, 0.2) is 0 Å². The maximum atomic E-state index is 12.5. The second-order valence-corrected chi connectivity index (χ2v) is 6.82. The molecule has 4 unspecified atom stereocenters. The third-order valence-corrected chi connectivity index (χ3v) is 5.32. The van der Waals surface area contributed by atoms with E-state index in [1.54, 1.807) is 25.3 Å². The highest BCUT2D eigenvalue weighted by molar-refractivity contribution is 6.32. The Morgan fingerprint density at radius 2 is 2.08 bits per heavy atom. The van der Waals surface area contributed by atoms with E-state index in [1.807, 2.05) is 0 Å². The number of hydrogen-bond acceptors (Lipinski definition) is 4. The van der Waals surface area contributed by atoms with Crippen LogP contribution in [0.25, 0.3) is 0 Å². The fraction of sp³-hybridized carbons (Fsp3) is 0.588. The summed E-state index contributed by atoms with van der Waals surface area (Å²) in [6, 6.07) is 5.25. The van der Waals surface area contributed by atoms with Crippen molar-refractivity contribution >= 4 is 35.6 Å². The third-order valence-electron chi connectivity index (χ3n) is 5.03. The number of carbonyl (C=O) groups is 1. The summed E-state index contributed by atoms with van der Waals surface area (Å²) in [4.78, 5) is 12.5. The van der Waals surface area contributed by atoms with Crippen LogP contribution in [0, 0.1) is 17.8 Å². The van der Waals surface area contributed by atoms with Crippen molar-refractivity contribution in [2.24, 2.45) is 23.5 Å². The Morgan fingerprint density at radius 1 is 1.33 bits per heavy atom. The second kappa shape index (κ2) is 8.39. The largest absolute Gasteiger partial charge is 0.490 e. The highest BCUT2D eigenvalue weighted by Gasteiger charge is 2.49. The first-order valence-corrected chi connectivity index (χ1v) is 8.45. The molecule has 0 radical (unpaired) electrons. The number of ether oxygens (including phenoxy) is 2. The summed E-state index contributed by atoms with van der Waals surface area (Å²) in [5.41, 5.74) is 6.90. The van der Waals surface area contributed by atoms with Gasteiger partial charge in [0.05, 0.1) is 17.5 Å². The molecule has 1 amide bonds. The van der Waals surface area contributed by atoms with Gasteiger partial charge in [0.25, 0.3) is 0 Å². The molecular formula is C17H24Cl2N2O3. The highest BCUT2D eigenvalue weighted by atomic mass is 35.5. The average molecular weight is 375 g/mol. The Kier molecular flexibility index (Phi) is 6.75. The molecule has 0 aliphatic heterocycles. The molecule has 4 atom stereocenters. The molecular weight excluding hydrogens is 351 g/mol. The summed E-state index contributed by atoms with van der Waals surface area (Å²) in [5.74, 6) is 1.45. The van der Waals surface area contributed by atoms with E-state index in [9.17, 15) is 4.79 Å². The van der Waals surface area contributed by atoms with Crippen molar-refractivity contribution in [3.8, 4) is 5.75 Å². The predicted octanol–water partition coefficient (Wildman–Crippen LogP) is 3.10. The predicted molar refractivity (Wildman–Crippen MR) is 97.0 cm³/mol. The molecule has 2 fully saturated rings. The zero-order valence-corrected chi connectivity index (χ0v) is 15.2. The number of anilines is 1. The molecule has 3 rings (SSSR count). The SMILES string of the molecule is COCCOc1ccc(NC(=O)C2C3CCC(C3)C2N)cc1Cl.Cl. The van der Waals surface area contributed by atoms with Crippen LogP contribution in [0.15, 0.2) is 18.2 Å². The van der Waals surface area contributed by atoms with E-state index in [-0.39, 0.29) is 30.3 Å². The van der Waals surface area contributed by atoms with Crippen molar-refractivity contribution in [3.05, 3.63) is 23.2 Å². The molecule has 3 N–H and O–H groups in total.